The molecule has 2 N–H and O–H groups in total. The molecule has 0 radical (unpaired) electrons. The van der Waals surface area contributed by atoms with Gasteiger partial charge in [0.25, 0.3) is 0 Å². The van der Waals surface area contributed by atoms with Crippen molar-refractivity contribution in [1.29, 1.82) is 0 Å². The Morgan fingerprint density at radius 3 is 2.75 bits per heavy atom. The van der Waals surface area contributed by atoms with Gasteiger partial charge in [0.1, 0.15) is 10.8 Å². The topological polar surface area (TPSA) is 67.2 Å². The van der Waals surface area contributed by atoms with Gasteiger partial charge in [-0.15, -0.1) is 11.3 Å². The highest BCUT2D eigenvalue weighted by Crippen LogP contribution is 2.31. The number of rotatable bonds is 6. The maximum Gasteiger partial charge on any atom is 0.238 e. The molecule has 4 rings (SSSR count). The Hall–Kier alpha value is -2.96. The number of hydrogen-bond donors (Lipinski definition) is 2. The molecule has 0 aliphatic rings. The predicted molar refractivity (Wildman–Crippen MR) is 114 cm³/mol. The van der Waals surface area contributed by atoms with E-state index in [1.165, 1.54) is 10.3 Å². The second-order valence-electron chi connectivity index (χ2n) is 6.73. The first-order valence-electron chi connectivity index (χ1n) is 9.13. The second kappa shape index (κ2) is 7.96. The van der Waals surface area contributed by atoms with Gasteiger partial charge in [-0.05, 0) is 67.9 Å². The number of fused-ring (bicyclic) bond motifs is 1. The summed E-state index contributed by atoms with van der Waals surface area (Å²) in [5.41, 5.74) is 4.05. The summed E-state index contributed by atoms with van der Waals surface area (Å²) in [4.78, 5) is 16.9. The maximum atomic E-state index is 12.2. The zero-order valence-corrected chi connectivity index (χ0v) is 16.5. The molecule has 5 nitrogen and oxygen atoms in total. The van der Waals surface area contributed by atoms with Crippen LogP contribution in [0, 0.1) is 6.92 Å². The quantitative estimate of drug-likeness (QED) is 0.477. The van der Waals surface area contributed by atoms with Crippen molar-refractivity contribution >= 4 is 33.1 Å². The molecule has 0 aliphatic heterocycles. The van der Waals surface area contributed by atoms with Crippen molar-refractivity contribution in [3.8, 4) is 10.6 Å². The smallest absolute Gasteiger partial charge is 0.238 e. The highest BCUT2D eigenvalue weighted by Gasteiger charge is 2.11. The first-order valence-corrected chi connectivity index (χ1v) is 9.94. The number of thiazole rings is 1. The van der Waals surface area contributed by atoms with Gasteiger partial charge in [0, 0.05) is 11.3 Å². The highest BCUT2D eigenvalue weighted by atomic mass is 32.1. The third-order valence-corrected chi connectivity index (χ3v) is 5.57. The summed E-state index contributed by atoms with van der Waals surface area (Å²) >= 11 is 1.68. The normalized spacial score (nSPS) is 12.2. The van der Waals surface area contributed by atoms with E-state index in [1.54, 1.807) is 17.6 Å². The molecule has 0 spiro atoms. The zero-order chi connectivity index (χ0) is 19.5. The van der Waals surface area contributed by atoms with Crippen LogP contribution in [0.4, 0.5) is 5.69 Å². The van der Waals surface area contributed by atoms with Crippen LogP contribution in [-0.2, 0) is 4.79 Å². The van der Waals surface area contributed by atoms with Crippen molar-refractivity contribution < 1.29 is 9.21 Å². The lowest BCUT2D eigenvalue weighted by Crippen LogP contribution is -2.29. The summed E-state index contributed by atoms with van der Waals surface area (Å²) in [6.07, 6.45) is 1.63. The SMILES string of the molecule is Cc1ccc2nc(-c3ccc(NC(=O)CN[C@@H](C)c4ccco4)cc3)sc2c1. The lowest BCUT2D eigenvalue weighted by atomic mass is 10.2. The lowest BCUT2D eigenvalue weighted by molar-refractivity contribution is -0.115. The fourth-order valence-corrected chi connectivity index (χ4v) is 4.01. The third kappa shape index (κ3) is 4.13. The van der Waals surface area contributed by atoms with Gasteiger partial charge in [-0.3, -0.25) is 10.1 Å². The highest BCUT2D eigenvalue weighted by molar-refractivity contribution is 7.21. The summed E-state index contributed by atoms with van der Waals surface area (Å²) in [7, 11) is 0. The van der Waals surface area contributed by atoms with Gasteiger partial charge in [0.15, 0.2) is 0 Å². The summed E-state index contributed by atoms with van der Waals surface area (Å²) < 4.78 is 6.51. The fourth-order valence-electron chi connectivity index (χ4n) is 2.94. The van der Waals surface area contributed by atoms with Crippen LogP contribution in [0.3, 0.4) is 0 Å². The first-order chi connectivity index (χ1) is 13.6. The Morgan fingerprint density at radius 2 is 2.00 bits per heavy atom. The van der Waals surface area contributed by atoms with Crippen molar-refractivity contribution in [2.75, 3.05) is 11.9 Å². The Kier molecular flexibility index (Phi) is 5.23. The van der Waals surface area contributed by atoms with Gasteiger partial charge in [-0.2, -0.15) is 0 Å². The van der Waals surface area contributed by atoms with Gasteiger partial charge in [0.2, 0.25) is 5.91 Å². The van der Waals surface area contributed by atoms with Crippen molar-refractivity contribution in [3.63, 3.8) is 0 Å². The third-order valence-electron chi connectivity index (χ3n) is 4.50. The molecular formula is C22H21N3O2S. The van der Waals surface area contributed by atoms with Crippen molar-refractivity contribution in [2.24, 2.45) is 0 Å². The summed E-state index contributed by atoms with van der Waals surface area (Å²) in [6, 6.07) is 17.8. The van der Waals surface area contributed by atoms with Crippen molar-refractivity contribution in [3.05, 3.63) is 72.2 Å². The molecule has 2 aromatic carbocycles. The number of nitrogens with one attached hydrogen (secondary N) is 2. The van der Waals surface area contributed by atoms with E-state index in [4.69, 9.17) is 9.40 Å². The molecule has 6 heteroatoms. The van der Waals surface area contributed by atoms with Crippen LogP contribution in [0.15, 0.2) is 65.3 Å². The molecule has 1 atom stereocenters. The minimum Gasteiger partial charge on any atom is -0.468 e. The zero-order valence-electron chi connectivity index (χ0n) is 15.7. The van der Waals surface area contributed by atoms with Crippen LogP contribution >= 0.6 is 11.3 Å². The standard InChI is InChI=1S/C22H21N3O2S/c1-14-5-10-18-20(12-14)28-22(25-18)16-6-8-17(9-7-16)24-21(26)13-23-15(2)19-4-3-11-27-19/h3-12,15,23H,13H2,1-2H3,(H,24,26)/t15-/m0/s1. The van der Waals surface area contributed by atoms with E-state index in [0.29, 0.717) is 0 Å². The molecule has 0 fully saturated rings. The van der Waals surface area contributed by atoms with E-state index in [0.717, 1.165) is 27.5 Å². The lowest BCUT2D eigenvalue weighted by Gasteiger charge is -2.11. The van der Waals surface area contributed by atoms with Crippen LogP contribution in [0.25, 0.3) is 20.8 Å². The largest absolute Gasteiger partial charge is 0.468 e. The van der Waals surface area contributed by atoms with E-state index in [1.807, 2.05) is 43.3 Å². The number of nitrogens with zero attached hydrogens (tertiary/aromatic N) is 1. The van der Waals surface area contributed by atoms with Gasteiger partial charge >= 0.3 is 0 Å². The number of carbonyl (C=O) groups is 1. The molecule has 4 aromatic rings. The minimum absolute atomic E-state index is 0.0224. The number of aryl methyl sites for hydroxylation is 1. The van der Waals surface area contributed by atoms with Gasteiger partial charge in [0.05, 0.1) is 29.1 Å². The molecular weight excluding hydrogens is 370 g/mol. The van der Waals surface area contributed by atoms with Crippen LogP contribution in [0.5, 0.6) is 0 Å². The van der Waals surface area contributed by atoms with E-state index < -0.39 is 0 Å². The Balaban J connectivity index is 1.37. The molecule has 0 saturated carbocycles. The number of aromatic nitrogens is 1. The fraction of sp³-hybridized carbons (Fsp3) is 0.182. The Morgan fingerprint density at radius 1 is 1.18 bits per heavy atom. The van der Waals surface area contributed by atoms with Gasteiger partial charge in [-0.25, -0.2) is 4.98 Å². The molecule has 142 valence electrons. The van der Waals surface area contributed by atoms with Crippen LogP contribution in [-0.4, -0.2) is 17.4 Å². The van der Waals surface area contributed by atoms with E-state index >= 15 is 0 Å². The predicted octanol–water partition coefficient (Wildman–Crippen LogP) is 5.15. The second-order valence-corrected chi connectivity index (χ2v) is 7.76. The number of anilines is 1. The number of benzene rings is 2. The molecule has 0 unspecified atom stereocenters. The van der Waals surface area contributed by atoms with Gasteiger partial charge < -0.3 is 9.73 Å². The van der Waals surface area contributed by atoms with E-state index in [-0.39, 0.29) is 18.5 Å². The Labute approximate surface area is 167 Å². The first kappa shape index (κ1) is 18.4. The van der Waals surface area contributed by atoms with Crippen LogP contribution in [0.1, 0.15) is 24.3 Å². The van der Waals surface area contributed by atoms with Crippen LogP contribution in [0.2, 0.25) is 0 Å². The number of carbonyl (C=O) groups excluding carboxylic acids is 1. The average Bonchev–Trinajstić information content (AvgIpc) is 3.36. The maximum absolute atomic E-state index is 12.2. The molecule has 1 amide bonds. The Bertz CT molecular complexity index is 1080. The summed E-state index contributed by atoms with van der Waals surface area (Å²) in [5, 5.41) is 7.03. The van der Waals surface area contributed by atoms with Gasteiger partial charge in [-0.1, -0.05) is 6.07 Å². The van der Waals surface area contributed by atoms with Crippen molar-refractivity contribution in [2.45, 2.75) is 19.9 Å². The number of amides is 1. The monoisotopic (exact) mass is 391 g/mol. The molecule has 0 aliphatic carbocycles. The number of furan rings is 1. The van der Waals surface area contributed by atoms with E-state index in [2.05, 4.69) is 35.8 Å². The van der Waals surface area contributed by atoms with Crippen LogP contribution < -0.4 is 10.6 Å². The molecule has 2 aromatic heterocycles. The summed E-state index contributed by atoms with van der Waals surface area (Å²) in [6.45, 7) is 4.25. The average molecular weight is 391 g/mol. The molecule has 0 bridgehead atoms. The molecule has 2 heterocycles. The number of hydrogen-bond acceptors (Lipinski definition) is 5. The van der Waals surface area contributed by atoms with Crippen molar-refractivity contribution in [1.82, 2.24) is 10.3 Å². The minimum atomic E-state index is -0.0957. The molecule has 0 saturated heterocycles. The summed E-state index contributed by atoms with van der Waals surface area (Å²) in [5.74, 6) is 0.713. The molecule has 28 heavy (non-hydrogen) atoms. The van der Waals surface area contributed by atoms with E-state index in [9.17, 15) is 4.79 Å².